The third-order valence-electron chi connectivity index (χ3n) is 4.35. The number of nitrogens with zero attached hydrogens (tertiary/aromatic N) is 1. The van der Waals surface area contributed by atoms with E-state index in [-0.39, 0.29) is 12.5 Å². The highest BCUT2D eigenvalue weighted by Gasteiger charge is 2.36. The minimum atomic E-state index is -0.313. The fourth-order valence-electron chi connectivity index (χ4n) is 2.51. The molecule has 1 aliphatic rings. The molecule has 3 rings (SSSR count). The Morgan fingerprint density at radius 1 is 1.33 bits per heavy atom. The highest BCUT2D eigenvalue weighted by molar-refractivity contribution is 5.81. The molecule has 1 heterocycles. The first-order valence-corrected chi connectivity index (χ1v) is 8.14. The predicted octanol–water partition coefficient (Wildman–Crippen LogP) is 3.55. The van der Waals surface area contributed by atoms with Crippen molar-refractivity contribution in [1.29, 1.82) is 0 Å². The number of hydrogen-bond donors (Lipinski definition) is 1. The molecule has 1 aromatic heterocycles. The second-order valence-corrected chi connectivity index (χ2v) is 6.39. The van der Waals surface area contributed by atoms with Crippen LogP contribution in [0.25, 0.3) is 0 Å². The Balaban J connectivity index is 1.44. The lowest BCUT2D eigenvalue weighted by molar-refractivity contribution is -0.123. The van der Waals surface area contributed by atoms with E-state index in [9.17, 15) is 4.79 Å². The summed E-state index contributed by atoms with van der Waals surface area (Å²) in [5.74, 6) is 3.22. The van der Waals surface area contributed by atoms with Crippen LogP contribution in [0.4, 0.5) is 0 Å². The first-order chi connectivity index (χ1) is 11.5. The van der Waals surface area contributed by atoms with E-state index in [1.807, 2.05) is 44.2 Å². The lowest BCUT2D eigenvalue weighted by Crippen LogP contribution is -2.24. The van der Waals surface area contributed by atoms with Crippen molar-refractivity contribution in [2.24, 2.45) is 11.0 Å². The van der Waals surface area contributed by atoms with Gasteiger partial charge in [-0.05, 0) is 61.6 Å². The van der Waals surface area contributed by atoms with Gasteiger partial charge in [0.25, 0.3) is 5.91 Å². The second-order valence-electron chi connectivity index (χ2n) is 6.39. The van der Waals surface area contributed by atoms with Crippen molar-refractivity contribution >= 4 is 12.1 Å². The number of amides is 1. The summed E-state index contributed by atoms with van der Waals surface area (Å²) >= 11 is 0. The quantitative estimate of drug-likeness (QED) is 0.652. The van der Waals surface area contributed by atoms with E-state index in [0.29, 0.717) is 23.3 Å². The molecule has 0 bridgehead atoms. The number of aryl methyl sites for hydroxylation is 2. The van der Waals surface area contributed by atoms with E-state index < -0.39 is 0 Å². The van der Waals surface area contributed by atoms with E-state index in [2.05, 4.69) is 17.5 Å². The summed E-state index contributed by atoms with van der Waals surface area (Å²) < 4.78 is 11.1. The standard InChI is InChI=1S/C19H22N2O3/c1-12-4-5-15(8-13(12)2)23-11-19(22)21-20-10-16-6-7-18(24-16)17-9-14(17)3/h4-8,10,14,17H,9,11H2,1-3H3,(H,21,22)/b20-10-/t14-,17+/m1/s1. The highest BCUT2D eigenvalue weighted by Crippen LogP contribution is 2.47. The van der Waals surface area contributed by atoms with Gasteiger partial charge in [-0.15, -0.1) is 0 Å². The van der Waals surface area contributed by atoms with Crippen LogP contribution < -0.4 is 10.2 Å². The van der Waals surface area contributed by atoms with Gasteiger partial charge < -0.3 is 9.15 Å². The molecule has 5 heteroatoms. The Kier molecular flexibility index (Phi) is 4.69. The summed E-state index contributed by atoms with van der Waals surface area (Å²) in [6.07, 6.45) is 2.68. The van der Waals surface area contributed by atoms with Gasteiger partial charge in [0.1, 0.15) is 17.3 Å². The van der Waals surface area contributed by atoms with Gasteiger partial charge in [-0.25, -0.2) is 5.43 Å². The Labute approximate surface area is 141 Å². The summed E-state index contributed by atoms with van der Waals surface area (Å²) in [6, 6.07) is 9.56. The maximum atomic E-state index is 11.7. The van der Waals surface area contributed by atoms with Crippen molar-refractivity contribution in [1.82, 2.24) is 5.43 Å². The maximum absolute atomic E-state index is 11.7. The van der Waals surface area contributed by atoms with Crippen molar-refractivity contribution in [2.45, 2.75) is 33.1 Å². The van der Waals surface area contributed by atoms with Crippen molar-refractivity contribution in [3.05, 3.63) is 53.0 Å². The van der Waals surface area contributed by atoms with Crippen LogP contribution in [0.3, 0.4) is 0 Å². The minimum Gasteiger partial charge on any atom is -0.484 e. The number of hydrazone groups is 1. The monoisotopic (exact) mass is 326 g/mol. The lowest BCUT2D eigenvalue weighted by Gasteiger charge is -2.07. The van der Waals surface area contributed by atoms with Crippen molar-refractivity contribution in [2.75, 3.05) is 6.61 Å². The van der Waals surface area contributed by atoms with Gasteiger partial charge in [0, 0.05) is 5.92 Å². The number of rotatable bonds is 6. The van der Waals surface area contributed by atoms with E-state index in [1.165, 1.54) is 18.2 Å². The molecule has 0 aliphatic heterocycles. The maximum Gasteiger partial charge on any atom is 0.277 e. The first kappa shape index (κ1) is 16.3. The van der Waals surface area contributed by atoms with Crippen molar-refractivity contribution in [3.63, 3.8) is 0 Å². The number of carbonyl (C=O) groups is 1. The molecule has 0 spiro atoms. The molecule has 0 unspecified atom stereocenters. The Morgan fingerprint density at radius 2 is 2.12 bits per heavy atom. The zero-order valence-corrected chi connectivity index (χ0v) is 14.2. The second kappa shape index (κ2) is 6.91. The molecule has 2 atom stereocenters. The van der Waals surface area contributed by atoms with Gasteiger partial charge >= 0.3 is 0 Å². The van der Waals surface area contributed by atoms with Gasteiger partial charge in [-0.2, -0.15) is 5.10 Å². The fourth-order valence-corrected chi connectivity index (χ4v) is 2.51. The molecular formula is C19H22N2O3. The molecule has 0 radical (unpaired) electrons. The molecule has 1 amide bonds. The average molecular weight is 326 g/mol. The molecule has 1 aliphatic carbocycles. The number of furan rings is 1. The van der Waals surface area contributed by atoms with Crippen LogP contribution in [-0.4, -0.2) is 18.7 Å². The van der Waals surface area contributed by atoms with Crippen LogP contribution in [0.5, 0.6) is 5.75 Å². The molecule has 1 aromatic carbocycles. The molecule has 1 saturated carbocycles. The zero-order chi connectivity index (χ0) is 17.1. The number of benzene rings is 1. The zero-order valence-electron chi connectivity index (χ0n) is 14.2. The third-order valence-corrected chi connectivity index (χ3v) is 4.35. The van der Waals surface area contributed by atoms with Gasteiger partial charge in [0.15, 0.2) is 6.61 Å². The number of nitrogens with one attached hydrogen (secondary N) is 1. The summed E-state index contributed by atoms with van der Waals surface area (Å²) in [4.78, 5) is 11.7. The van der Waals surface area contributed by atoms with Crippen LogP contribution in [0.2, 0.25) is 0 Å². The lowest BCUT2D eigenvalue weighted by atomic mass is 10.1. The Hall–Kier alpha value is -2.56. The highest BCUT2D eigenvalue weighted by atomic mass is 16.5. The molecule has 126 valence electrons. The average Bonchev–Trinajstić information content (AvgIpc) is 3.09. The first-order valence-electron chi connectivity index (χ1n) is 8.14. The molecule has 2 aromatic rings. The van der Waals surface area contributed by atoms with Gasteiger partial charge in [0.2, 0.25) is 0 Å². The molecule has 5 nitrogen and oxygen atoms in total. The largest absolute Gasteiger partial charge is 0.484 e. The van der Waals surface area contributed by atoms with Crippen LogP contribution in [0.1, 0.15) is 41.9 Å². The molecule has 24 heavy (non-hydrogen) atoms. The van der Waals surface area contributed by atoms with E-state index in [4.69, 9.17) is 9.15 Å². The number of carbonyl (C=O) groups excluding carboxylic acids is 1. The number of ether oxygens (including phenoxy) is 1. The predicted molar refractivity (Wildman–Crippen MR) is 92.4 cm³/mol. The molecule has 0 saturated heterocycles. The van der Waals surface area contributed by atoms with E-state index in [1.54, 1.807) is 0 Å². The van der Waals surface area contributed by atoms with E-state index >= 15 is 0 Å². The van der Waals surface area contributed by atoms with Crippen molar-refractivity contribution in [3.8, 4) is 5.75 Å². The molecule has 1 fully saturated rings. The molecule has 1 N–H and O–H groups in total. The molecular weight excluding hydrogens is 304 g/mol. The normalized spacial score (nSPS) is 19.5. The van der Waals surface area contributed by atoms with Crippen LogP contribution in [0.15, 0.2) is 39.9 Å². The number of hydrogen-bond acceptors (Lipinski definition) is 4. The van der Waals surface area contributed by atoms with Crippen LogP contribution in [-0.2, 0) is 4.79 Å². The van der Waals surface area contributed by atoms with E-state index in [0.717, 1.165) is 11.3 Å². The Morgan fingerprint density at radius 3 is 2.83 bits per heavy atom. The fraction of sp³-hybridized carbons (Fsp3) is 0.368. The van der Waals surface area contributed by atoms with Gasteiger partial charge in [-0.3, -0.25) is 4.79 Å². The van der Waals surface area contributed by atoms with Crippen LogP contribution >= 0.6 is 0 Å². The SMILES string of the molecule is Cc1ccc(OCC(=O)N/N=C\c2ccc([C@H]3C[C@H]3C)o2)cc1C. The summed E-state index contributed by atoms with van der Waals surface area (Å²) in [7, 11) is 0. The smallest absolute Gasteiger partial charge is 0.277 e. The summed E-state index contributed by atoms with van der Waals surface area (Å²) in [5, 5.41) is 3.90. The minimum absolute atomic E-state index is 0.0805. The van der Waals surface area contributed by atoms with Crippen molar-refractivity contribution < 1.29 is 13.9 Å². The summed E-state index contributed by atoms with van der Waals surface area (Å²) in [6.45, 7) is 6.16. The van der Waals surface area contributed by atoms with Gasteiger partial charge in [-0.1, -0.05) is 13.0 Å². The summed E-state index contributed by atoms with van der Waals surface area (Å²) in [5.41, 5.74) is 4.75. The Bertz CT molecular complexity index is 764. The topological polar surface area (TPSA) is 63.8 Å². The van der Waals surface area contributed by atoms with Crippen LogP contribution in [0, 0.1) is 19.8 Å². The third kappa shape index (κ3) is 4.04. The van der Waals surface area contributed by atoms with Gasteiger partial charge in [0.05, 0.1) is 6.21 Å².